The van der Waals surface area contributed by atoms with E-state index < -0.39 is 0 Å². The summed E-state index contributed by atoms with van der Waals surface area (Å²) in [5.74, 6) is 1.10. The minimum atomic E-state index is -0.0202. The minimum Gasteiger partial charge on any atom is -0.348 e. The highest BCUT2D eigenvalue weighted by molar-refractivity contribution is 14.1. The predicted octanol–water partition coefficient (Wildman–Crippen LogP) is 1.14. The normalized spacial score (nSPS) is 38.2. The maximum atomic E-state index is 11.9. The molecule has 3 nitrogen and oxygen atoms in total. The highest BCUT2D eigenvalue weighted by atomic mass is 127. The second-order valence-corrected chi connectivity index (χ2v) is 5.92. The van der Waals surface area contributed by atoms with E-state index in [0.717, 1.165) is 25.3 Å². The van der Waals surface area contributed by atoms with Gasteiger partial charge in [0.15, 0.2) is 0 Å². The molecule has 0 spiro atoms. The molecule has 74 valence electrons. The summed E-state index contributed by atoms with van der Waals surface area (Å²) >= 11 is 2.33. The molecule has 0 aromatic carbocycles. The second kappa shape index (κ2) is 3.08. The fraction of sp³-hybridized carbons (Fsp3) is 0.889. The van der Waals surface area contributed by atoms with Crippen LogP contribution in [0.15, 0.2) is 0 Å². The molecule has 2 bridgehead atoms. The Kier molecular flexibility index (Phi) is 2.30. The molecule has 3 fully saturated rings. The Hall–Kier alpha value is 0.160. The minimum absolute atomic E-state index is 0.0202. The van der Waals surface area contributed by atoms with Crippen LogP contribution < -0.4 is 0 Å². The standard InChI is InChI=1S/C9H15IN2O/c1-11(2)8(13)9-3-7(4-9)5-12(10)6-9/h7H,3-6H2,1-2H3. The fourth-order valence-electron chi connectivity index (χ4n) is 2.69. The molecule has 0 radical (unpaired) electrons. The number of carbonyl (C=O) groups is 1. The monoisotopic (exact) mass is 294 g/mol. The maximum Gasteiger partial charge on any atom is 0.229 e. The van der Waals surface area contributed by atoms with Crippen molar-refractivity contribution in [3.8, 4) is 0 Å². The molecule has 0 unspecified atom stereocenters. The van der Waals surface area contributed by atoms with Gasteiger partial charge < -0.3 is 4.90 Å². The molecule has 1 saturated carbocycles. The number of amides is 1. The third-order valence-corrected chi connectivity index (χ3v) is 3.88. The Morgan fingerprint density at radius 1 is 1.54 bits per heavy atom. The van der Waals surface area contributed by atoms with Crippen LogP contribution in [0, 0.1) is 11.3 Å². The molecule has 3 rings (SSSR count). The van der Waals surface area contributed by atoms with Gasteiger partial charge in [0, 0.05) is 50.0 Å². The van der Waals surface area contributed by atoms with Crippen LogP contribution >= 0.6 is 22.9 Å². The molecular formula is C9H15IN2O. The van der Waals surface area contributed by atoms with Crippen molar-refractivity contribution in [1.82, 2.24) is 8.01 Å². The highest BCUT2D eigenvalue weighted by Crippen LogP contribution is 2.52. The van der Waals surface area contributed by atoms with Gasteiger partial charge in [-0.05, 0) is 18.8 Å². The van der Waals surface area contributed by atoms with Crippen molar-refractivity contribution < 1.29 is 4.79 Å². The van der Waals surface area contributed by atoms with Gasteiger partial charge in [-0.1, -0.05) is 0 Å². The largest absolute Gasteiger partial charge is 0.348 e. The molecule has 4 heteroatoms. The van der Waals surface area contributed by atoms with Gasteiger partial charge in [-0.25, -0.2) is 3.11 Å². The number of halogens is 1. The summed E-state index contributed by atoms with van der Waals surface area (Å²) in [5.41, 5.74) is -0.0202. The van der Waals surface area contributed by atoms with E-state index in [-0.39, 0.29) is 5.41 Å². The summed E-state index contributed by atoms with van der Waals surface area (Å²) < 4.78 is 2.26. The van der Waals surface area contributed by atoms with Crippen molar-refractivity contribution in [3.63, 3.8) is 0 Å². The molecule has 0 N–H and O–H groups in total. The van der Waals surface area contributed by atoms with E-state index in [1.54, 1.807) is 4.90 Å². The maximum absolute atomic E-state index is 11.9. The average Bonchev–Trinajstić information content (AvgIpc) is 2.00. The van der Waals surface area contributed by atoms with E-state index >= 15 is 0 Å². The number of rotatable bonds is 1. The van der Waals surface area contributed by atoms with Crippen LogP contribution in [0.5, 0.6) is 0 Å². The van der Waals surface area contributed by atoms with Gasteiger partial charge in [0.05, 0.1) is 5.41 Å². The van der Waals surface area contributed by atoms with Gasteiger partial charge in [-0.15, -0.1) is 0 Å². The second-order valence-electron chi connectivity index (χ2n) is 4.56. The average molecular weight is 294 g/mol. The van der Waals surface area contributed by atoms with Gasteiger partial charge in [-0.2, -0.15) is 0 Å². The lowest BCUT2D eigenvalue weighted by atomic mass is 9.58. The van der Waals surface area contributed by atoms with Gasteiger partial charge in [0.25, 0.3) is 0 Å². The number of nitrogens with zero attached hydrogens (tertiary/aromatic N) is 2. The first-order valence-electron chi connectivity index (χ1n) is 4.66. The molecule has 2 saturated heterocycles. The number of hydrogen-bond acceptors (Lipinski definition) is 2. The van der Waals surface area contributed by atoms with Crippen LogP contribution in [-0.4, -0.2) is 41.1 Å². The zero-order chi connectivity index (χ0) is 9.64. The first-order valence-corrected chi connectivity index (χ1v) is 5.62. The Balaban J connectivity index is 2.10. The molecule has 2 aliphatic heterocycles. The van der Waals surface area contributed by atoms with Crippen LogP contribution in [0.1, 0.15) is 12.8 Å². The number of fused-ring (bicyclic) bond motifs is 2. The number of carbonyl (C=O) groups excluding carboxylic acids is 1. The summed E-state index contributed by atoms with van der Waals surface area (Å²) in [6.45, 7) is 2.12. The van der Waals surface area contributed by atoms with Crippen molar-refractivity contribution in [1.29, 1.82) is 0 Å². The molecule has 3 aliphatic rings. The molecular weight excluding hydrogens is 279 g/mol. The Morgan fingerprint density at radius 2 is 2.15 bits per heavy atom. The highest BCUT2D eigenvalue weighted by Gasteiger charge is 2.54. The molecule has 1 amide bonds. The summed E-state index contributed by atoms with van der Waals surface area (Å²) in [7, 11) is 3.72. The van der Waals surface area contributed by atoms with Crippen LogP contribution in [-0.2, 0) is 4.79 Å². The van der Waals surface area contributed by atoms with Crippen LogP contribution in [0.3, 0.4) is 0 Å². The van der Waals surface area contributed by atoms with Crippen molar-refractivity contribution in [2.75, 3.05) is 27.2 Å². The van der Waals surface area contributed by atoms with Gasteiger partial charge in [-0.3, -0.25) is 4.79 Å². The smallest absolute Gasteiger partial charge is 0.229 e. The SMILES string of the molecule is CN(C)C(=O)C12CC(CN(I)C1)C2. The molecule has 2 heterocycles. The van der Waals surface area contributed by atoms with Crippen LogP contribution in [0.4, 0.5) is 0 Å². The zero-order valence-corrected chi connectivity index (χ0v) is 10.2. The van der Waals surface area contributed by atoms with Crippen LogP contribution in [0.25, 0.3) is 0 Å². The Bertz CT molecular complexity index is 236. The third-order valence-electron chi connectivity index (χ3n) is 3.15. The molecule has 0 aromatic rings. The Labute approximate surface area is 92.9 Å². The lowest BCUT2D eigenvalue weighted by Crippen LogP contribution is -2.60. The summed E-state index contributed by atoms with van der Waals surface area (Å²) in [6, 6.07) is 0. The topological polar surface area (TPSA) is 23.6 Å². The zero-order valence-electron chi connectivity index (χ0n) is 8.09. The van der Waals surface area contributed by atoms with E-state index in [1.807, 2.05) is 14.1 Å². The van der Waals surface area contributed by atoms with E-state index in [2.05, 4.69) is 26.0 Å². The van der Waals surface area contributed by atoms with E-state index in [1.165, 1.54) is 6.54 Å². The van der Waals surface area contributed by atoms with Crippen molar-refractivity contribution in [2.24, 2.45) is 11.3 Å². The van der Waals surface area contributed by atoms with Crippen molar-refractivity contribution in [3.05, 3.63) is 0 Å². The van der Waals surface area contributed by atoms with Crippen molar-refractivity contribution >= 4 is 28.8 Å². The molecule has 0 atom stereocenters. The summed E-state index contributed by atoms with van der Waals surface area (Å²) in [6.07, 6.45) is 2.23. The summed E-state index contributed by atoms with van der Waals surface area (Å²) in [4.78, 5) is 13.6. The number of piperidine rings is 2. The van der Waals surface area contributed by atoms with Crippen LogP contribution in [0.2, 0.25) is 0 Å². The van der Waals surface area contributed by atoms with Crippen molar-refractivity contribution in [2.45, 2.75) is 12.8 Å². The fourth-order valence-corrected chi connectivity index (χ4v) is 3.90. The lowest BCUT2D eigenvalue weighted by molar-refractivity contribution is -0.153. The van der Waals surface area contributed by atoms with Gasteiger partial charge in [0.2, 0.25) is 5.91 Å². The van der Waals surface area contributed by atoms with Gasteiger partial charge >= 0.3 is 0 Å². The molecule has 13 heavy (non-hydrogen) atoms. The van der Waals surface area contributed by atoms with E-state index in [9.17, 15) is 4.79 Å². The van der Waals surface area contributed by atoms with E-state index in [4.69, 9.17) is 0 Å². The first kappa shape index (κ1) is 9.71. The summed E-state index contributed by atoms with van der Waals surface area (Å²) in [5, 5.41) is 0. The molecule has 1 aliphatic carbocycles. The van der Waals surface area contributed by atoms with Gasteiger partial charge in [0.1, 0.15) is 0 Å². The lowest BCUT2D eigenvalue weighted by Gasteiger charge is -2.54. The third kappa shape index (κ3) is 1.48. The molecule has 0 aromatic heterocycles. The number of hydrogen-bond donors (Lipinski definition) is 0. The Morgan fingerprint density at radius 3 is 2.62 bits per heavy atom. The first-order chi connectivity index (χ1) is 6.03. The predicted molar refractivity (Wildman–Crippen MR) is 59.4 cm³/mol. The quantitative estimate of drug-likeness (QED) is 0.535. The van der Waals surface area contributed by atoms with E-state index in [0.29, 0.717) is 5.91 Å².